The third-order valence-corrected chi connectivity index (χ3v) is 4.55. The second-order valence-corrected chi connectivity index (χ2v) is 6.06. The molecule has 128 valence electrons. The van der Waals surface area contributed by atoms with Gasteiger partial charge in [-0.25, -0.2) is 4.98 Å². The molecular weight excluding hydrogens is 316 g/mol. The Morgan fingerprint density at radius 1 is 1.32 bits per heavy atom. The van der Waals surface area contributed by atoms with Crippen molar-refractivity contribution < 1.29 is 4.74 Å². The molecule has 0 aliphatic heterocycles. The summed E-state index contributed by atoms with van der Waals surface area (Å²) >= 11 is 0. The van der Waals surface area contributed by atoms with Gasteiger partial charge < -0.3 is 15.0 Å². The number of aromatic amines is 1. The van der Waals surface area contributed by atoms with Gasteiger partial charge in [0, 0.05) is 12.6 Å². The van der Waals surface area contributed by atoms with Crippen LogP contribution < -0.4 is 5.32 Å². The number of anilines is 1. The van der Waals surface area contributed by atoms with Crippen LogP contribution in [0.5, 0.6) is 0 Å². The van der Waals surface area contributed by atoms with Gasteiger partial charge in [0.2, 0.25) is 5.95 Å². The van der Waals surface area contributed by atoms with Crippen molar-refractivity contribution in [2.75, 3.05) is 19.5 Å². The van der Waals surface area contributed by atoms with Crippen LogP contribution in [-0.4, -0.2) is 38.9 Å². The predicted octanol–water partition coefficient (Wildman–Crippen LogP) is 3.14. The Morgan fingerprint density at radius 2 is 2.20 bits per heavy atom. The van der Waals surface area contributed by atoms with Crippen LogP contribution in [0.2, 0.25) is 0 Å². The maximum atomic E-state index is 5.42. The van der Waals surface area contributed by atoms with Crippen molar-refractivity contribution in [1.82, 2.24) is 24.7 Å². The van der Waals surface area contributed by atoms with E-state index in [-0.39, 0.29) is 0 Å². The zero-order chi connectivity index (χ0) is 17.4. The van der Waals surface area contributed by atoms with E-state index in [9.17, 15) is 0 Å². The molecule has 7 nitrogen and oxygen atoms in total. The molecule has 0 saturated heterocycles. The topological polar surface area (TPSA) is 80.7 Å². The minimum Gasteiger partial charge on any atom is -0.497 e. The van der Waals surface area contributed by atoms with Crippen LogP contribution in [0.3, 0.4) is 0 Å². The fourth-order valence-corrected chi connectivity index (χ4v) is 3.19. The van der Waals surface area contributed by atoms with Crippen molar-refractivity contribution in [3.8, 4) is 5.69 Å². The summed E-state index contributed by atoms with van der Waals surface area (Å²) in [5.74, 6) is 2.65. The Balaban J connectivity index is 1.95. The lowest BCUT2D eigenvalue weighted by atomic mass is 9.92. The Labute approximate surface area is 145 Å². The highest BCUT2D eigenvalue weighted by Crippen LogP contribution is 2.34. The summed E-state index contributed by atoms with van der Waals surface area (Å²) in [5.41, 5.74) is 3.89. The number of H-pyrrole nitrogens is 1. The van der Waals surface area contributed by atoms with Crippen LogP contribution in [0.15, 0.2) is 42.4 Å². The lowest BCUT2D eigenvalue weighted by molar-refractivity contribution is 0.302. The van der Waals surface area contributed by atoms with Gasteiger partial charge in [0.1, 0.15) is 11.3 Å². The first-order valence-corrected chi connectivity index (χ1v) is 8.24. The summed E-state index contributed by atoms with van der Waals surface area (Å²) < 4.78 is 7.44. The molecule has 0 bridgehead atoms. The van der Waals surface area contributed by atoms with Crippen LogP contribution in [0.25, 0.3) is 22.3 Å². The molecule has 1 atom stereocenters. The van der Waals surface area contributed by atoms with E-state index in [1.54, 1.807) is 13.4 Å². The molecule has 7 heteroatoms. The number of rotatable bonds is 4. The lowest BCUT2D eigenvalue weighted by Crippen LogP contribution is -2.11. The first-order valence-electron chi connectivity index (χ1n) is 8.24. The van der Waals surface area contributed by atoms with Crippen LogP contribution in [0.4, 0.5) is 5.95 Å². The minimum atomic E-state index is 0.324. The standard InChI is InChI=1S/C18H20N6O/c1-11-7-8-12(25-3)9-13(11)17-22-23-18(19-2)24(17)15-6-4-5-14-16(15)21-10-20-14/h4-6,8-11H,7H2,1-3H3,(H,19,23)(H,20,21). The van der Waals surface area contributed by atoms with Crippen molar-refractivity contribution >= 4 is 22.6 Å². The fourth-order valence-electron chi connectivity index (χ4n) is 3.19. The largest absolute Gasteiger partial charge is 0.497 e. The van der Waals surface area contributed by atoms with Crippen LogP contribution in [0, 0.1) is 5.92 Å². The van der Waals surface area contributed by atoms with E-state index >= 15 is 0 Å². The molecule has 2 N–H and O–H groups in total. The highest BCUT2D eigenvalue weighted by atomic mass is 16.5. The zero-order valence-electron chi connectivity index (χ0n) is 14.4. The number of hydrogen-bond acceptors (Lipinski definition) is 5. The number of ether oxygens (including phenoxy) is 1. The van der Waals surface area contributed by atoms with Gasteiger partial charge in [0.05, 0.1) is 24.6 Å². The number of nitrogens with zero attached hydrogens (tertiary/aromatic N) is 4. The molecule has 1 aromatic carbocycles. The Kier molecular flexibility index (Phi) is 3.76. The second kappa shape index (κ2) is 6.08. The van der Waals surface area contributed by atoms with Gasteiger partial charge in [-0.05, 0) is 36.6 Å². The number of methoxy groups -OCH3 is 1. The van der Waals surface area contributed by atoms with E-state index < -0.39 is 0 Å². The predicted molar refractivity (Wildman–Crippen MR) is 97.4 cm³/mol. The number of para-hydroxylation sites is 1. The first-order chi connectivity index (χ1) is 12.2. The molecule has 0 spiro atoms. The van der Waals surface area contributed by atoms with Gasteiger partial charge >= 0.3 is 0 Å². The SMILES string of the molecule is CNc1nnc(C2=CC(OC)=CCC2C)n1-c1cccc2[nH]cnc12. The summed E-state index contributed by atoms with van der Waals surface area (Å²) in [6, 6.07) is 6.03. The first kappa shape index (κ1) is 15.4. The Hall–Kier alpha value is -3.09. The number of benzene rings is 1. The average Bonchev–Trinajstić information content (AvgIpc) is 3.28. The molecular formula is C18H20N6O. The quantitative estimate of drug-likeness (QED) is 0.765. The molecule has 1 aliphatic carbocycles. The lowest BCUT2D eigenvalue weighted by Gasteiger charge is -2.20. The molecule has 25 heavy (non-hydrogen) atoms. The van der Waals surface area contributed by atoms with E-state index in [1.807, 2.05) is 35.9 Å². The fraction of sp³-hybridized carbons (Fsp3) is 0.278. The molecule has 0 fully saturated rings. The summed E-state index contributed by atoms with van der Waals surface area (Å²) in [4.78, 5) is 7.63. The van der Waals surface area contributed by atoms with Crippen LogP contribution in [-0.2, 0) is 4.74 Å². The summed E-state index contributed by atoms with van der Waals surface area (Å²) in [7, 11) is 3.53. The summed E-state index contributed by atoms with van der Waals surface area (Å²) in [5, 5.41) is 11.9. The van der Waals surface area contributed by atoms with Crippen molar-refractivity contribution in [3.63, 3.8) is 0 Å². The molecule has 4 rings (SSSR count). The van der Waals surface area contributed by atoms with E-state index in [1.165, 1.54) is 0 Å². The van der Waals surface area contributed by atoms with Gasteiger partial charge in [-0.2, -0.15) is 0 Å². The molecule has 2 aromatic heterocycles. The number of nitrogens with one attached hydrogen (secondary N) is 2. The number of imidazole rings is 1. The van der Waals surface area contributed by atoms with E-state index in [0.717, 1.165) is 40.3 Å². The average molecular weight is 336 g/mol. The normalized spacial score (nSPS) is 17.3. The minimum absolute atomic E-state index is 0.324. The van der Waals surface area contributed by atoms with Crippen LogP contribution >= 0.6 is 0 Å². The van der Waals surface area contributed by atoms with E-state index in [0.29, 0.717) is 11.9 Å². The van der Waals surface area contributed by atoms with Gasteiger partial charge in [-0.1, -0.05) is 13.0 Å². The van der Waals surface area contributed by atoms with Crippen LogP contribution in [0.1, 0.15) is 19.2 Å². The highest BCUT2D eigenvalue weighted by molar-refractivity contribution is 5.85. The summed E-state index contributed by atoms with van der Waals surface area (Å²) in [6.07, 6.45) is 6.75. The van der Waals surface area contributed by atoms with Gasteiger partial charge in [-0.15, -0.1) is 10.2 Å². The second-order valence-electron chi connectivity index (χ2n) is 6.06. The maximum Gasteiger partial charge on any atom is 0.229 e. The smallest absolute Gasteiger partial charge is 0.229 e. The molecule has 1 aliphatic rings. The van der Waals surface area contributed by atoms with E-state index in [2.05, 4.69) is 38.5 Å². The molecule has 3 aromatic rings. The van der Waals surface area contributed by atoms with Gasteiger partial charge in [-0.3, -0.25) is 4.57 Å². The van der Waals surface area contributed by atoms with Crippen molar-refractivity contribution in [2.45, 2.75) is 13.3 Å². The monoisotopic (exact) mass is 336 g/mol. The van der Waals surface area contributed by atoms with Crippen molar-refractivity contribution in [2.24, 2.45) is 5.92 Å². The molecule has 0 amide bonds. The molecule has 0 saturated carbocycles. The van der Waals surface area contributed by atoms with Gasteiger partial charge in [0.15, 0.2) is 5.82 Å². The van der Waals surface area contributed by atoms with E-state index in [4.69, 9.17) is 4.74 Å². The third kappa shape index (κ3) is 2.48. The molecule has 1 unspecified atom stereocenters. The maximum absolute atomic E-state index is 5.42. The Morgan fingerprint density at radius 3 is 3.00 bits per heavy atom. The van der Waals surface area contributed by atoms with Gasteiger partial charge in [0.25, 0.3) is 0 Å². The highest BCUT2D eigenvalue weighted by Gasteiger charge is 2.24. The van der Waals surface area contributed by atoms with Crippen molar-refractivity contribution in [3.05, 3.63) is 48.3 Å². The Bertz CT molecular complexity index is 981. The number of fused-ring (bicyclic) bond motifs is 1. The number of allylic oxidation sites excluding steroid dienone is 3. The zero-order valence-corrected chi connectivity index (χ0v) is 14.4. The number of hydrogen-bond donors (Lipinski definition) is 2. The number of aromatic nitrogens is 5. The van der Waals surface area contributed by atoms with Crippen molar-refractivity contribution in [1.29, 1.82) is 0 Å². The summed E-state index contributed by atoms with van der Waals surface area (Å²) in [6.45, 7) is 2.18. The third-order valence-electron chi connectivity index (χ3n) is 4.55. The molecule has 0 radical (unpaired) electrons. The molecule has 2 heterocycles.